The Morgan fingerprint density at radius 3 is 2.40 bits per heavy atom. The number of rotatable bonds is 5. The van der Waals surface area contributed by atoms with Gasteiger partial charge in [-0.15, -0.1) is 0 Å². The summed E-state index contributed by atoms with van der Waals surface area (Å²) in [5.41, 5.74) is 4.51. The van der Waals surface area contributed by atoms with Crippen molar-refractivity contribution in [3.8, 4) is 0 Å². The molecule has 0 aromatic heterocycles. The molecule has 0 fully saturated rings. The maximum atomic E-state index is 11.1. The molecule has 3 N–H and O–H groups in total. The minimum absolute atomic E-state index is 0.395. The predicted molar refractivity (Wildman–Crippen MR) is 52.4 cm³/mol. The summed E-state index contributed by atoms with van der Waals surface area (Å²) in [6.45, 7) is 4.92. The number of aliphatic carboxylic acids is 1. The number of hydrogen-bond acceptors (Lipinski definition) is 5. The number of carbonyl (C=O) groups excluding carboxylic acids is 1. The molecule has 0 amide bonds. The fraction of sp³-hybridized carbons (Fsp3) is 0.778. The first kappa shape index (κ1) is 13.7. The van der Waals surface area contributed by atoms with Crippen molar-refractivity contribution in [1.29, 1.82) is 0 Å². The first-order valence-corrected chi connectivity index (χ1v) is 4.62. The summed E-state index contributed by atoms with van der Waals surface area (Å²) in [7, 11) is 0. The molecule has 15 heavy (non-hydrogen) atoms. The molecule has 0 radical (unpaired) electrons. The highest BCUT2D eigenvalue weighted by Gasteiger charge is 2.22. The minimum atomic E-state index is -1.22. The second kappa shape index (κ2) is 5.55. The number of carboxylic acid groups (broad SMARTS) is 1. The maximum Gasteiger partial charge on any atom is 0.508 e. The predicted octanol–water partition coefficient (Wildman–Crippen LogP) is 0.740. The van der Waals surface area contributed by atoms with Gasteiger partial charge < -0.3 is 20.3 Å². The lowest BCUT2D eigenvalue weighted by atomic mass is 10.1. The molecule has 0 aliphatic rings. The summed E-state index contributed by atoms with van der Waals surface area (Å²) in [6.07, 6.45) is -0.272. The highest BCUT2D eigenvalue weighted by atomic mass is 16.7. The van der Waals surface area contributed by atoms with Gasteiger partial charge in [0.05, 0.1) is 0 Å². The van der Waals surface area contributed by atoms with Crippen LogP contribution in [0.25, 0.3) is 0 Å². The van der Waals surface area contributed by atoms with Crippen LogP contribution in [0.3, 0.4) is 0 Å². The van der Waals surface area contributed by atoms with Gasteiger partial charge in [-0.25, -0.2) is 4.79 Å². The summed E-state index contributed by atoms with van der Waals surface area (Å²) < 4.78 is 9.44. The summed E-state index contributed by atoms with van der Waals surface area (Å²) in [5.74, 6) is -1.22. The van der Waals surface area contributed by atoms with E-state index in [1.54, 1.807) is 13.8 Å². The monoisotopic (exact) mass is 219 g/mol. The standard InChI is InChI=1S/C9H17NO5/c1-4-9(2,3)15-8(13)14-5-6(10)7(11)12/h6H,4-5,10H2,1-3H3,(H,11,12). The van der Waals surface area contributed by atoms with Crippen LogP contribution < -0.4 is 5.73 Å². The Labute approximate surface area is 88.3 Å². The zero-order valence-corrected chi connectivity index (χ0v) is 9.15. The highest BCUT2D eigenvalue weighted by molar-refractivity contribution is 5.73. The average molecular weight is 219 g/mol. The van der Waals surface area contributed by atoms with Crippen molar-refractivity contribution in [3.63, 3.8) is 0 Å². The second-order valence-corrected chi connectivity index (χ2v) is 3.72. The summed E-state index contributed by atoms with van der Waals surface area (Å²) in [5, 5.41) is 8.42. The first-order chi connectivity index (χ1) is 6.78. The highest BCUT2D eigenvalue weighted by Crippen LogP contribution is 2.14. The third-order valence-corrected chi connectivity index (χ3v) is 1.91. The van der Waals surface area contributed by atoms with Gasteiger partial charge in [0.25, 0.3) is 0 Å². The molecule has 0 bridgehead atoms. The molecule has 0 aliphatic carbocycles. The number of nitrogens with two attached hydrogens (primary N) is 1. The molecule has 1 atom stereocenters. The largest absolute Gasteiger partial charge is 0.508 e. The molecule has 1 unspecified atom stereocenters. The quantitative estimate of drug-likeness (QED) is 0.661. The molecule has 0 aromatic rings. The van der Waals surface area contributed by atoms with Crippen LogP contribution in [0.1, 0.15) is 27.2 Å². The zero-order valence-electron chi connectivity index (χ0n) is 9.15. The molecule has 0 aliphatic heterocycles. The van der Waals surface area contributed by atoms with Gasteiger partial charge in [-0.2, -0.15) is 0 Å². The van der Waals surface area contributed by atoms with E-state index in [1.807, 2.05) is 6.92 Å². The third kappa shape index (κ3) is 5.90. The van der Waals surface area contributed by atoms with E-state index in [4.69, 9.17) is 15.6 Å². The van der Waals surface area contributed by atoms with E-state index in [0.717, 1.165) is 0 Å². The van der Waals surface area contributed by atoms with Crippen LogP contribution in [0, 0.1) is 0 Å². The van der Waals surface area contributed by atoms with Crippen LogP contribution in [0.4, 0.5) is 4.79 Å². The lowest BCUT2D eigenvalue weighted by Gasteiger charge is -2.22. The van der Waals surface area contributed by atoms with E-state index in [1.165, 1.54) is 0 Å². The van der Waals surface area contributed by atoms with Gasteiger partial charge in [-0.1, -0.05) is 6.92 Å². The number of carboxylic acids is 1. The van der Waals surface area contributed by atoms with Crippen molar-refractivity contribution in [2.45, 2.75) is 38.8 Å². The van der Waals surface area contributed by atoms with Gasteiger partial charge in [0.2, 0.25) is 0 Å². The lowest BCUT2D eigenvalue weighted by Crippen LogP contribution is -2.37. The van der Waals surface area contributed by atoms with Gasteiger partial charge in [-0.3, -0.25) is 4.79 Å². The van der Waals surface area contributed by atoms with E-state index >= 15 is 0 Å². The molecular formula is C9H17NO5. The van der Waals surface area contributed by atoms with Crippen molar-refractivity contribution < 1.29 is 24.2 Å². The van der Waals surface area contributed by atoms with Crippen molar-refractivity contribution in [2.75, 3.05) is 6.61 Å². The van der Waals surface area contributed by atoms with E-state index in [0.29, 0.717) is 6.42 Å². The van der Waals surface area contributed by atoms with Crippen LogP contribution in [0.15, 0.2) is 0 Å². The van der Waals surface area contributed by atoms with E-state index in [2.05, 4.69) is 4.74 Å². The van der Waals surface area contributed by atoms with E-state index in [9.17, 15) is 9.59 Å². The second-order valence-electron chi connectivity index (χ2n) is 3.72. The Morgan fingerprint density at radius 1 is 1.47 bits per heavy atom. The van der Waals surface area contributed by atoms with Crippen molar-refractivity contribution in [3.05, 3.63) is 0 Å². The molecule has 0 spiro atoms. The van der Waals surface area contributed by atoms with Crippen LogP contribution in [-0.4, -0.2) is 35.5 Å². The van der Waals surface area contributed by atoms with Crippen LogP contribution in [0.5, 0.6) is 0 Å². The van der Waals surface area contributed by atoms with Crippen molar-refractivity contribution >= 4 is 12.1 Å². The number of hydrogen-bond donors (Lipinski definition) is 2. The lowest BCUT2D eigenvalue weighted by molar-refractivity contribution is -0.139. The Kier molecular flexibility index (Phi) is 5.07. The molecule has 0 saturated carbocycles. The molecule has 0 heterocycles. The number of ether oxygens (including phenoxy) is 2. The van der Waals surface area contributed by atoms with Crippen LogP contribution in [0.2, 0.25) is 0 Å². The Bertz CT molecular complexity index is 239. The fourth-order valence-electron chi connectivity index (χ4n) is 0.556. The Morgan fingerprint density at radius 2 is 2.00 bits per heavy atom. The maximum absolute atomic E-state index is 11.1. The van der Waals surface area contributed by atoms with E-state index in [-0.39, 0.29) is 0 Å². The van der Waals surface area contributed by atoms with E-state index < -0.39 is 30.4 Å². The molecule has 0 saturated heterocycles. The molecule has 6 heteroatoms. The summed E-state index contributed by atoms with van der Waals surface area (Å²) >= 11 is 0. The Hall–Kier alpha value is -1.30. The SMILES string of the molecule is CCC(C)(C)OC(=O)OCC(N)C(=O)O. The van der Waals surface area contributed by atoms with Crippen molar-refractivity contribution in [1.82, 2.24) is 0 Å². The normalized spacial score (nSPS) is 13.1. The van der Waals surface area contributed by atoms with Gasteiger partial charge >= 0.3 is 12.1 Å². The fourth-order valence-corrected chi connectivity index (χ4v) is 0.556. The molecule has 0 rings (SSSR count). The van der Waals surface area contributed by atoms with Crippen LogP contribution in [-0.2, 0) is 14.3 Å². The minimum Gasteiger partial charge on any atom is -0.480 e. The molecular weight excluding hydrogens is 202 g/mol. The van der Waals surface area contributed by atoms with Gasteiger partial charge in [0.15, 0.2) is 0 Å². The smallest absolute Gasteiger partial charge is 0.480 e. The Balaban J connectivity index is 3.91. The number of carbonyl (C=O) groups is 2. The average Bonchev–Trinajstić information content (AvgIpc) is 2.13. The van der Waals surface area contributed by atoms with Crippen molar-refractivity contribution in [2.24, 2.45) is 5.73 Å². The topological polar surface area (TPSA) is 98.9 Å². The van der Waals surface area contributed by atoms with Gasteiger partial charge in [0.1, 0.15) is 18.2 Å². The van der Waals surface area contributed by atoms with Gasteiger partial charge in [-0.05, 0) is 20.3 Å². The summed E-state index contributed by atoms with van der Waals surface area (Å²) in [6, 6.07) is -1.22. The molecule has 88 valence electrons. The first-order valence-electron chi connectivity index (χ1n) is 4.62. The van der Waals surface area contributed by atoms with Crippen LogP contribution >= 0.6 is 0 Å². The molecule has 6 nitrogen and oxygen atoms in total. The third-order valence-electron chi connectivity index (χ3n) is 1.91. The van der Waals surface area contributed by atoms with Gasteiger partial charge in [0, 0.05) is 0 Å². The summed E-state index contributed by atoms with van der Waals surface area (Å²) in [4.78, 5) is 21.3. The zero-order chi connectivity index (χ0) is 12.1. The molecule has 0 aromatic carbocycles.